The predicted octanol–water partition coefficient (Wildman–Crippen LogP) is -1.50. The third-order valence-electron chi connectivity index (χ3n) is 4.52. The number of benzene rings is 1. The van der Waals surface area contributed by atoms with E-state index in [2.05, 4.69) is 10.6 Å². The molecule has 26 heavy (non-hydrogen) atoms. The van der Waals surface area contributed by atoms with Crippen LogP contribution in [-0.4, -0.2) is 58.9 Å². The van der Waals surface area contributed by atoms with Crippen molar-refractivity contribution < 1.29 is 24.3 Å². The van der Waals surface area contributed by atoms with Crippen molar-refractivity contribution in [2.24, 2.45) is 5.73 Å². The molecule has 9 nitrogen and oxygen atoms in total. The Balaban J connectivity index is 1.82. The molecule has 0 radical (unpaired) electrons. The average Bonchev–Trinajstić information content (AvgIpc) is 2.87. The number of carbonyl (C=O) groups excluding carboxylic acids is 4. The monoisotopic (exact) mass is 360 g/mol. The Bertz CT molecular complexity index is 778. The van der Waals surface area contributed by atoms with Crippen LogP contribution in [0.25, 0.3) is 0 Å². The molecule has 2 atom stereocenters. The summed E-state index contributed by atoms with van der Waals surface area (Å²) >= 11 is 0. The molecule has 1 fully saturated rings. The first-order valence-corrected chi connectivity index (χ1v) is 8.36. The zero-order chi connectivity index (χ0) is 18.8. The van der Waals surface area contributed by atoms with Gasteiger partial charge in [-0.3, -0.25) is 29.4 Å². The molecule has 2 heterocycles. The molecule has 9 heteroatoms. The first-order valence-electron chi connectivity index (χ1n) is 8.36. The van der Waals surface area contributed by atoms with E-state index in [-0.39, 0.29) is 43.6 Å². The number of nitrogens with two attached hydrogens (primary N) is 1. The van der Waals surface area contributed by atoms with E-state index in [1.807, 2.05) is 0 Å². The lowest BCUT2D eigenvalue weighted by Gasteiger charge is -2.27. The maximum Gasteiger partial charge on any atom is 0.262 e. The van der Waals surface area contributed by atoms with Crippen molar-refractivity contribution >= 4 is 23.6 Å². The summed E-state index contributed by atoms with van der Waals surface area (Å²) in [5, 5.41) is 14.7. The van der Waals surface area contributed by atoms with Crippen LogP contribution in [0.3, 0.4) is 0 Å². The quantitative estimate of drug-likeness (QED) is 0.452. The Labute approximate surface area is 149 Å². The van der Waals surface area contributed by atoms with Gasteiger partial charge in [0.2, 0.25) is 11.8 Å². The average molecular weight is 360 g/mol. The number of piperidine rings is 1. The molecule has 3 rings (SSSR count). The van der Waals surface area contributed by atoms with E-state index in [9.17, 15) is 24.3 Å². The van der Waals surface area contributed by atoms with Crippen molar-refractivity contribution in [1.29, 1.82) is 0 Å². The Kier molecular flexibility index (Phi) is 5.12. The Morgan fingerprint density at radius 1 is 1.27 bits per heavy atom. The first kappa shape index (κ1) is 18.2. The molecule has 0 saturated carbocycles. The van der Waals surface area contributed by atoms with Gasteiger partial charge in [-0.15, -0.1) is 0 Å². The number of carbonyl (C=O) groups is 4. The SMILES string of the molecule is NC[C@H](O)CNCc1cccc2c1C(=O)N(C1CCC(=O)NC1=O)C2=O. The summed E-state index contributed by atoms with van der Waals surface area (Å²) in [5.41, 5.74) is 6.43. The van der Waals surface area contributed by atoms with Crippen LogP contribution in [0.1, 0.15) is 39.1 Å². The van der Waals surface area contributed by atoms with Gasteiger partial charge in [0.25, 0.3) is 11.8 Å². The fourth-order valence-electron chi connectivity index (χ4n) is 3.19. The zero-order valence-electron chi connectivity index (χ0n) is 14.0. The molecule has 1 unspecified atom stereocenters. The van der Waals surface area contributed by atoms with Gasteiger partial charge in [0.05, 0.1) is 17.2 Å². The summed E-state index contributed by atoms with van der Waals surface area (Å²) in [4.78, 5) is 49.8. The summed E-state index contributed by atoms with van der Waals surface area (Å²) in [6.45, 7) is 0.627. The number of imide groups is 2. The zero-order valence-corrected chi connectivity index (χ0v) is 14.0. The highest BCUT2D eigenvalue weighted by Gasteiger charge is 2.45. The van der Waals surface area contributed by atoms with Crippen LogP contribution in [0.4, 0.5) is 0 Å². The lowest BCUT2D eigenvalue weighted by molar-refractivity contribution is -0.136. The van der Waals surface area contributed by atoms with E-state index < -0.39 is 35.8 Å². The standard InChI is InChI=1S/C17H20N4O5/c18-6-10(22)8-19-7-9-2-1-3-11-14(9)17(26)21(16(11)25)12-4-5-13(23)20-15(12)24/h1-3,10,12,19,22H,4-8,18H2,(H,20,23,24)/t10-,12?/m0/s1. The number of nitrogens with zero attached hydrogens (tertiary/aromatic N) is 1. The number of hydrogen-bond acceptors (Lipinski definition) is 7. The lowest BCUT2D eigenvalue weighted by atomic mass is 10.0. The molecule has 1 saturated heterocycles. The number of rotatable bonds is 6. The Morgan fingerprint density at radius 3 is 2.73 bits per heavy atom. The minimum atomic E-state index is -0.986. The van der Waals surface area contributed by atoms with E-state index in [0.29, 0.717) is 5.56 Å². The van der Waals surface area contributed by atoms with E-state index in [0.717, 1.165) is 4.90 Å². The molecule has 5 N–H and O–H groups in total. The minimum Gasteiger partial charge on any atom is -0.390 e. The Hall–Kier alpha value is -2.62. The number of aliphatic hydroxyl groups excluding tert-OH is 1. The van der Waals surface area contributed by atoms with Crippen LogP contribution < -0.4 is 16.4 Å². The molecule has 0 spiro atoms. The molecule has 138 valence electrons. The predicted molar refractivity (Wildman–Crippen MR) is 89.9 cm³/mol. The molecule has 1 aromatic rings. The number of hydrogen-bond donors (Lipinski definition) is 4. The topological polar surface area (TPSA) is 142 Å². The van der Waals surface area contributed by atoms with Crippen molar-refractivity contribution in [3.05, 3.63) is 34.9 Å². The molecule has 0 aromatic heterocycles. The molecule has 0 aliphatic carbocycles. The smallest absolute Gasteiger partial charge is 0.262 e. The van der Waals surface area contributed by atoms with E-state index in [1.165, 1.54) is 0 Å². The van der Waals surface area contributed by atoms with E-state index in [4.69, 9.17) is 5.73 Å². The van der Waals surface area contributed by atoms with Crippen molar-refractivity contribution in [3.63, 3.8) is 0 Å². The third-order valence-corrected chi connectivity index (χ3v) is 4.52. The van der Waals surface area contributed by atoms with Gasteiger partial charge in [-0.1, -0.05) is 12.1 Å². The minimum absolute atomic E-state index is 0.0786. The van der Waals surface area contributed by atoms with E-state index in [1.54, 1.807) is 18.2 Å². The normalized spacial score (nSPS) is 21.0. The highest BCUT2D eigenvalue weighted by atomic mass is 16.3. The van der Waals surface area contributed by atoms with Gasteiger partial charge < -0.3 is 16.2 Å². The second kappa shape index (κ2) is 7.32. The number of fused-ring (bicyclic) bond motifs is 1. The third kappa shape index (κ3) is 3.24. The van der Waals surface area contributed by atoms with Gasteiger partial charge in [0.1, 0.15) is 6.04 Å². The first-order chi connectivity index (χ1) is 12.4. The van der Waals surface area contributed by atoms with Crippen LogP contribution in [-0.2, 0) is 16.1 Å². The summed E-state index contributed by atoms with van der Waals surface area (Å²) in [5.74, 6) is -2.13. The molecule has 1 aromatic carbocycles. The van der Waals surface area contributed by atoms with Gasteiger partial charge >= 0.3 is 0 Å². The van der Waals surface area contributed by atoms with Crippen LogP contribution in [0.5, 0.6) is 0 Å². The van der Waals surface area contributed by atoms with Crippen molar-refractivity contribution in [2.45, 2.75) is 31.5 Å². The lowest BCUT2D eigenvalue weighted by Crippen LogP contribution is -2.54. The molecule has 2 aliphatic rings. The summed E-state index contributed by atoms with van der Waals surface area (Å²) < 4.78 is 0. The maximum absolute atomic E-state index is 12.9. The van der Waals surface area contributed by atoms with Gasteiger partial charge in [-0.2, -0.15) is 0 Å². The second-order valence-corrected chi connectivity index (χ2v) is 6.31. The molecule has 4 amide bonds. The van der Waals surface area contributed by atoms with Crippen LogP contribution in [0.2, 0.25) is 0 Å². The molecule has 2 aliphatic heterocycles. The van der Waals surface area contributed by atoms with E-state index >= 15 is 0 Å². The number of nitrogens with one attached hydrogen (secondary N) is 2. The molecule has 0 bridgehead atoms. The van der Waals surface area contributed by atoms with Gasteiger partial charge in [-0.25, -0.2) is 0 Å². The second-order valence-electron chi connectivity index (χ2n) is 6.31. The van der Waals surface area contributed by atoms with Crippen molar-refractivity contribution in [1.82, 2.24) is 15.5 Å². The molecular formula is C17H20N4O5. The summed E-state index contributed by atoms with van der Waals surface area (Å²) in [6, 6.07) is 3.92. The van der Waals surface area contributed by atoms with Gasteiger partial charge in [-0.05, 0) is 18.1 Å². The highest BCUT2D eigenvalue weighted by Crippen LogP contribution is 2.29. The molecular weight excluding hydrogens is 340 g/mol. The van der Waals surface area contributed by atoms with Gasteiger partial charge in [0, 0.05) is 26.1 Å². The fourth-order valence-corrected chi connectivity index (χ4v) is 3.19. The Morgan fingerprint density at radius 2 is 2.04 bits per heavy atom. The summed E-state index contributed by atoms with van der Waals surface area (Å²) in [6.07, 6.45) is -0.509. The van der Waals surface area contributed by atoms with Crippen LogP contribution in [0, 0.1) is 0 Å². The number of aliphatic hydroxyl groups is 1. The highest BCUT2D eigenvalue weighted by molar-refractivity contribution is 6.24. The maximum atomic E-state index is 12.9. The van der Waals surface area contributed by atoms with Crippen LogP contribution >= 0.6 is 0 Å². The fraction of sp³-hybridized carbons (Fsp3) is 0.412. The van der Waals surface area contributed by atoms with Crippen molar-refractivity contribution in [3.8, 4) is 0 Å². The number of amides is 4. The summed E-state index contributed by atoms with van der Waals surface area (Å²) in [7, 11) is 0. The van der Waals surface area contributed by atoms with Crippen molar-refractivity contribution in [2.75, 3.05) is 13.1 Å². The van der Waals surface area contributed by atoms with Crippen LogP contribution in [0.15, 0.2) is 18.2 Å². The van der Waals surface area contributed by atoms with Gasteiger partial charge in [0.15, 0.2) is 0 Å². The largest absolute Gasteiger partial charge is 0.390 e.